The number of alkyl halides is 2. The molecule has 2 aromatic rings. The summed E-state index contributed by atoms with van der Waals surface area (Å²) in [4.78, 5) is 6.59. The fourth-order valence-electron chi connectivity index (χ4n) is 2.04. The van der Waals surface area contributed by atoms with E-state index in [0.29, 0.717) is 17.3 Å². The van der Waals surface area contributed by atoms with Crippen molar-refractivity contribution in [2.75, 3.05) is 25.4 Å². The van der Waals surface area contributed by atoms with E-state index in [1.54, 1.807) is 12.1 Å². The lowest BCUT2D eigenvalue weighted by Gasteiger charge is -2.25. The molecule has 1 heterocycles. The number of phenols is 1. The van der Waals surface area contributed by atoms with Crippen LogP contribution in [0.3, 0.4) is 0 Å². The van der Waals surface area contributed by atoms with E-state index in [4.69, 9.17) is 23.2 Å². The molecular formula is C14H16Cl2N2O. The van der Waals surface area contributed by atoms with E-state index in [-0.39, 0.29) is 11.8 Å². The number of benzene rings is 1. The van der Waals surface area contributed by atoms with Crippen LogP contribution in [0.2, 0.25) is 0 Å². The summed E-state index contributed by atoms with van der Waals surface area (Å²) in [5.74, 6) is 1.16. The van der Waals surface area contributed by atoms with Gasteiger partial charge in [0, 0.05) is 23.7 Å². The van der Waals surface area contributed by atoms with Gasteiger partial charge in [-0.05, 0) is 19.2 Å². The lowest BCUT2D eigenvalue weighted by molar-refractivity contribution is 0.276. The molecule has 5 heteroatoms. The zero-order valence-electron chi connectivity index (χ0n) is 10.7. The summed E-state index contributed by atoms with van der Waals surface area (Å²) in [6, 6.07) is 9.24. The molecule has 2 rings (SSSR count). The number of pyridine rings is 1. The van der Waals surface area contributed by atoms with E-state index in [9.17, 15) is 5.11 Å². The highest BCUT2D eigenvalue weighted by molar-refractivity contribution is 6.18. The molecule has 0 aliphatic carbocycles. The maximum Gasteiger partial charge on any atom is 0.141 e. The summed E-state index contributed by atoms with van der Waals surface area (Å²) in [7, 11) is 1.96. The Labute approximate surface area is 122 Å². The van der Waals surface area contributed by atoms with Crippen LogP contribution in [0.4, 0.5) is 0 Å². The molecule has 0 radical (unpaired) electrons. The van der Waals surface area contributed by atoms with Gasteiger partial charge in [-0.25, -0.2) is 4.98 Å². The van der Waals surface area contributed by atoms with Crippen LogP contribution >= 0.6 is 23.2 Å². The number of halogens is 2. The van der Waals surface area contributed by atoms with Crippen molar-refractivity contribution in [3.05, 3.63) is 36.0 Å². The summed E-state index contributed by atoms with van der Waals surface area (Å²) in [6.07, 6.45) is 0. The third kappa shape index (κ3) is 3.11. The Balaban J connectivity index is 2.41. The number of aromatic nitrogens is 1. The zero-order valence-corrected chi connectivity index (χ0v) is 12.2. The number of phenolic OH excluding ortho intramolecular Hbond substituents is 1. The Hall–Kier alpha value is -1.03. The van der Waals surface area contributed by atoms with E-state index in [1.807, 2.05) is 25.2 Å². The molecule has 0 fully saturated rings. The molecule has 1 N–H and O–H groups in total. The SMILES string of the molecule is CN(CCCl)C(CCl)c1ccc2cccc(O)c2n1. The molecule has 0 aliphatic heterocycles. The first-order valence-corrected chi connectivity index (χ1v) is 7.15. The molecule has 0 amide bonds. The Morgan fingerprint density at radius 2 is 2.05 bits per heavy atom. The summed E-state index contributed by atoms with van der Waals surface area (Å²) in [5.41, 5.74) is 1.45. The van der Waals surface area contributed by atoms with Crippen LogP contribution in [-0.4, -0.2) is 40.3 Å². The lowest BCUT2D eigenvalue weighted by atomic mass is 10.1. The van der Waals surface area contributed by atoms with Gasteiger partial charge in [0.25, 0.3) is 0 Å². The molecule has 0 spiro atoms. The van der Waals surface area contributed by atoms with Crippen molar-refractivity contribution in [2.45, 2.75) is 6.04 Å². The number of fused-ring (bicyclic) bond motifs is 1. The highest BCUT2D eigenvalue weighted by Crippen LogP contribution is 2.26. The largest absolute Gasteiger partial charge is 0.506 e. The highest BCUT2D eigenvalue weighted by Gasteiger charge is 2.17. The maximum absolute atomic E-state index is 9.86. The minimum atomic E-state index is -0.00979. The quantitative estimate of drug-likeness (QED) is 0.860. The molecular weight excluding hydrogens is 283 g/mol. The standard InChI is InChI=1S/C14H16Cl2N2O/c1-18(8-7-15)12(9-16)11-6-5-10-3-2-4-13(19)14(10)17-11/h2-6,12,19H,7-9H2,1H3. The van der Waals surface area contributed by atoms with E-state index in [0.717, 1.165) is 17.6 Å². The highest BCUT2D eigenvalue weighted by atomic mass is 35.5. The van der Waals surface area contributed by atoms with Gasteiger partial charge in [-0.2, -0.15) is 0 Å². The van der Waals surface area contributed by atoms with Crippen LogP contribution in [0.15, 0.2) is 30.3 Å². The molecule has 0 bridgehead atoms. The van der Waals surface area contributed by atoms with E-state index < -0.39 is 0 Å². The Kier molecular flexibility index (Phi) is 4.86. The Bertz CT molecular complexity index is 562. The molecule has 0 saturated carbocycles. The molecule has 19 heavy (non-hydrogen) atoms. The second kappa shape index (κ2) is 6.42. The predicted molar refractivity (Wildman–Crippen MR) is 80.2 cm³/mol. The Morgan fingerprint density at radius 3 is 2.74 bits per heavy atom. The third-order valence-corrected chi connectivity index (χ3v) is 3.64. The number of para-hydroxylation sites is 1. The monoisotopic (exact) mass is 298 g/mol. The van der Waals surface area contributed by atoms with Gasteiger partial charge in [0.2, 0.25) is 0 Å². The average Bonchev–Trinajstić information content (AvgIpc) is 2.41. The fourth-order valence-corrected chi connectivity index (χ4v) is 2.70. The Morgan fingerprint density at radius 1 is 1.26 bits per heavy atom. The van der Waals surface area contributed by atoms with Crippen LogP contribution in [0.5, 0.6) is 5.75 Å². The first-order valence-electron chi connectivity index (χ1n) is 6.08. The van der Waals surface area contributed by atoms with Gasteiger partial charge in [0.15, 0.2) is 0 Å². The van der Waals surface area contributed by atoms with Crippen LogP contribution in [0.25, 0.3) is 10.9 Å². The normalized spacial score (nSPS) is 13.1. The molecule has 0 saturated heterocycles. The average molecular weight is 299 g/mol. The van der Waals surface area contributed by atoms with Crippen LogP contribution in [0.1, 0.15) is 11.7 Å². The van der Waals surface area contributed by atoms with E-state index >= 15 is 0 Å². The molecule has 1 aromatic carbocycles. The minimum Gasteiger partial charge on any atom is -0.506 e. The van der Waals surface area contributed by atoms with Gasteiger partial charge in [0.05, 0.1) is 11.7 Å². The second-order valence-electron chi connectivity index (χ2n) is 4.42. The number of aromatic hydroxyl groups is 1. The van der Waals surface area contributed by atoms with E-state index in [2.05, 4.69) is 9.88 Å². The van der Waals surface area contributed by atoms with Gasteiger partial charge in [0.1, 0.15) is 11.3 Å². The van der Waals surface area contributed by atoms with Gasteiger partial charge in [-0.1, -0.05) is 18.2 Å². The summed E-state index contributed by atoms with van der Waals surface area (Å²) < 4.78 is 0. The second-order valence-corrected chi connectivity index (χ2v) is 5.11. The van der Waals surface area contributed by atoms with Crippen LogP contribution in [0, 0.1) is 0 Å². The maximum atomic E-state index is 9.86. The molecule has 102 valence electrons. The number of rotatable bonds is 5. The van der Waals surface area contributed by atoms with Crippen LogP contribution < -0.4 is 0 Å². The van der Waals surface area contributed by atoms with Crippen molar-refractivity contribution in [3.8, 4) is 5.75 Å². The topological polar surface area (TPSA) is 36.4 Å². The number of hydrogen-bond donors (Lipinski definition) is 1. The van der Waals surface area contributed by atoms with Crippen molar-refractivity contribution in [2.24, 2.45) is 0 Å². The zero-order chi connectivity index (χ0) is 13.8. The number of nitrogens with zero attached hydrogens (tertiary/aromatic N) is 2. The summed E-state index contributed by atoms with van der Waals surface area (Å²) >= 11 is 11.8. The van der Waals surface area contributed by atoms with Crippen molar-refractivity contribution in [1.29, 1.82) is 0 Å². The van der Waals surface area contributed by atoms with Gasteiger partial charge >= 0.3 is 0 Å². The summed E-state index contributed by atoms with van der Waals surface area (Å²) in [5, 5.41) is 10.8. The first-order chi connectivity index (χ1) is 9.17. The molecule has 3 nitrogen and oxygen atoms in total. The van der Waals surface area contributed by atoms with Gasteiger partial charge in [-0.15, -0.1) is 23.2 Å². The lowest BCUT2D eigenvalue weighted by Crippen LogP contribution is -2.28. The number of hydrogen-bond acceptors (Lipinski definition) is 3. The predicted octanol–water partition coefficient (Wildman–Crippen LogP) is 3.39. The third-order valence-electron chi connectivity index (χ3n) is 3.18. The molecule has 1 atom stereocenters. The van der Waals surface area contributed by atoms with Gasteiger partial charge < -0.3 is 5.11 Å². The minimum absolute atomic E-state index is 0.00979. The molecule has 1 aromatic heterocycles. The first kappa shape index (κ1) is 14.4. The molecule has 0 aliphatic rings. The smallest absolute Gasteiger partial charge is 0.141 e. The van der Waals surface area contributed by atoms with Crippen molar-refractivity contribution >= 4 is 34.1 Å². The van der Waals surface area contributed by atoms with Gasteiger partial charge in [-0.3, -0.25) is 4.90 Å². The van der Waals surface area contributed by atoms with E-state index in [1.165, 1.54) is 0 Å². The van der Waals surface area contributed by atoms with Crippen molar-refractivity contribution < 1.29 is 5.11 Å². The van der Waals surface area contributed by atoms with Crippen molar-refractivity contribution in [3.63, 3.8) is 0 Å². The fraction of sp³-hybridized carbons (Fsp3) is 0.357. The van der Waals surface area contributed by atoms with Crippen LogP contribution in [-0.2, 0) is 0 Å². The molecule has 1 unspecified atom stereocenters. The van der Waals surface area contributed by atoms with Crippen molar-refractivity contribution in [1.82, 2.24) is 9.88 Å². The summed E-state index contributed by atoms with van der Waals surface area (Å²) in [6.45, 7) is 0.736.